The van der Waals surface area contributed by atoms with Crippen LogP contribution in [0.25, 0.3) is 5.69 Å². The average Bonchev–Trinajstić information content (AvgIpc) is 3.21. The SMILES string of the molecule is CCNC(=NCc1ccccc1-n1ccnc1)N1CCC(C)(C)C1.I. The number of nitrogens with zero attached hydrogens (tertiary/aromatic N) is 4. The van der Waals surface area contributed by atoms with Crippen LogP contribution in [0, 0.1) is 5.41 Å². The highest BCUT2D eigenvalue weighted by atomic mass is 127. The predicted molar refractivity (Wildman–Crippen MR) is 114 cm³/mol. The molecule has 0 unspecified atom stereocenters. The van der Waals surface area contributed by atoms with Gasteiger partial charge in [0.15, 0.2) is 5.96 Å². The topological polar surface area (TPSA) is 45.5 Å². The fourth-order valence-electron chi connectivity index (χ4n) is 3.18. The zero-order valence-corrected chi connectivity index (χ0v) is 17.6. The number of para-hydroxylation sites is 1. The predicted octanol–water partition coefficient (Wildman–Crippen LogP) is 3.69. The number of hydrogen-bond donors (Lipinski definition) is 1. The largest absolute Gasteiger partial charge is 0.357 e. The minimum Gasteiger partial charge on any atom is -0.357 e. The van der Waals surface area contributed by atoms with Crippen LogP contribution < -0.4 is 5.32 Å². The van der Waals surface area contributed by atoms with Crippen molar-refractivity contribution in [3.63, 3.8) is 0 Å². The minimum atomic E-state index is 0. The Hall–Kier alpha value is -1.57. The Kier molecular flexibility index (Phi) is 6.87. The molecule has 1 aliphatic rings. The summed E-state index contributed by atoms with van der Waals surface area (Å²) in [6.45, 7) is 10.4. The van der Waals surface area contributed by atoms with Crippen LogP contribution in [0.15, 0.2) is 48.0 Å². The lowest BCUT2D eigenvalue weighted by molar-refractivity contribution is 0.370. The summed E-state index contributed by atoms with van der Waals surface area (Å²) in [4.78, 5) is 11.4. The molecule has 3 rings (SSSR count). The molecule has 1 aromatic carbocycles. The zero-order chi connectivity index (χ0) is 17.0. The molecule has 0 atom stereocenters. The van der Waals surface area contributed by atoms with Crippen molar-refractivity contribution in [2.75, 3.05) is 19.6 Å². The minimum absolute atomic E-state index is 0. The molecule has 1 fully saturated rings. The third-order valence-electron chi connectivity index (χ3n) is 4.49. The molecule has 25 heavy (non-hydrogen) atoms. The van der Waals surface area contributed by atoms with Gasteiger partial charge in [0.2, 0.25) is 0 Å². The number of likely N-dealkylation sites (tertiary alicyclic amines) is 1. The van der Waals surface area contributed by atoms with Gasteiger partial charge in [0, 0.05) is 32.0 Å². The van der Waals surface area contributed by atoms with E-state index in [9.17, 15) is 0 Å². The number of imidazole rings is 1. The molecule has 6 heteroatoms. The summed E-state index contributed by atoms with van der Waals surface area (Å²) < 4.78 is 2.04. The molecule has 2 aromatic rings. The number of benzene rings is 1. The highest BCUT2D eigenvalue weighted by molar-refractivity contribution is 14.0. The first-order valence-corrected chi connectivity index (χ1v) is 8.68. The Morgan fingerprint density at radius 3 is 2.76 bits per heavy atom. The Morgan fingerprint density at radius 1 is 1.32 bits per heavy atom. The van der Waals surface area contributed by atoms with Gasteiger partial charge >= 0.3 is 0 Å². The maximum atomic E-state index is 4.90. The molecule has 136 valence electrons. The average molecular weight is 453 g/mol. The lowest BCUT2D eigenvalue weighted by Crippen LogP contribution is -2.40. The molecule has 0 bridgehead atoms. The molecule has 0 saturated carbocycles. The fraction of sp³-hybridized carbons (Fsp3) is 0.474. The number of rotatable bonds is 4. The van der Waals surface area contributed by atoms with Crippen molar-refractivity contribution >= 4 is 29.9 Å². The van der Waals surface area contributed by atoms with Gasteiger partial charge in [0.25, 0.3) is 0 Å². The normalized spacial score (nSPS) is 16.6. The molecule has 1 aromatic heterocycles. The molecule has 5 nitrogen and oxygen atoms in total. The second-order valence-corrected chi connectivity index (χ2v) is 7.10. The molecular formula is C19H28IN5. The summed E-state index contributed by atoms with van der Waals surface area (Å²) in [5.41, 5.74) is 2.70. The van der Waals surface area contributed by atoms with E-state index in [4.69, 9.17) is 4.99 Å². The molecule has 0 aliphatic carbocycles. The van der Waals surface area contributed by atoms with Crippen LogP contribution in [0.4, 0.5) is 0 Å². The van der Waals surface area contributed by atoms with Gasteiger partial charge in [-0.2, -0.15) is 0 Å². The van der Waals surface area contributed by atoms with Gasteiger partial charge in [-0.3, -0.25) is 0 Å². The lowest BCUT2D eigenvalue weighted by Gasteiger charge is -2.23. The molecule has 0 spiro atoms. The van der Waals surface area contributed by atoms with Crippen LogP contribution in [-0.2, 0) is 6.54 Å². The molecule has 1 aliphatic heterocycles. The smallest absolute Gasteiger partial charge is 0.194 e. The van der Waals surface area contributed by atoms with Crippen molar-refractivity contribution in [3.8, 4) is 5.69 Å². The van der Waals surface area contributed by atoms with E-state index in [-0.39, 0.29) is 24.0 Å². The van der Waals surface area contributed by atoms with Crippen LogP contribution in [0.3, 0.4) is 0 Å². The molecule has 1 saturated heterocycles. The van der Waals surface area contributed by atoms with Crippen LogP contribution in [-0.4, -0.2) is 40.0 Å². The number of hydrogen-bond acceptors (Lipinski definition) is 2. The summed E-state index contributed by atoms with van der Waals surface area (Å²) >= 11 is 0. The molecule has 0 amide bonds. The van der Waals surface area contributed by atoms with Gasteiger partial charge < -0.3 is 14.8 Å². The highest BCUT2D eigenvalue weighted by Crippen LogP contribution is 2.28. The maximum Gasteiger partial charge on any atom is 0.194 e. The van der Waals surface area contributed by atoms with E-state index in [0.29, 0.717) is 12.0 Å². The second kappa shape index (κ2) is 8.69. The molecule has 2 heterocycles. The Bertz CT molecular complexity index is 694. The van der Waals surface area contributed by atoms with E-state index in [1.54, 1.807) is 6.20 Å². The van der Waals surface area contributed by atoms with E-state index < -0.39 is 0 Å². The van der Waals surface area contributed by atoms with Crippen LogP contribution in [0.5, 0.6) is 0 Å². The number of aliphatic imine (C=N–C) groups is 1. The zero-order valence-electron chi connectivity index (χ0n) is 15.3. The molecular weight excluding hydrogens is 425 g/mol. The first kappa shape index (κ1) is 19.8. The maximum absolute atomic E-state index is 4.90. The van der Waals surface area contributed by atoms with Gasteiger partial charge in [-0.05, 0) is 30.4 Å². The number of halogens is 1. The van der Waals surface area contributed by atoms with Crippen molar-refractivity contribution in [2.45, 2.75) is 33.7 Å². The van der Waals surface area contributed by atoms with Crippen LogP contribution in [0.1, 0.15) is 32.8 Å². The number of guanidine groups is 1. The summed E-state index contributed by atoms with van der Waals surface area (Å²) in [6.07, 6.45) is 6.81. The molecule has 0 radical (unpaired) electrons. The van der Waals surface area contributed by atoms with Crippen LogP contribution >= 0.6 is 24.0 Å². The summed E-state index contributed by atoms with van der Waals surface area (Å²) in [5, 5.41) is 3.44. The van der Waals surface area contributed by atoms with E-state index in [2.05, 4.69) is 60.2 Å². The Morgan fingerprint density at radius 2 is 2.12 bits per heavy atom. The summed E-state index contributed by atoms with van der Waals surface area (Å²) in [6, 6.07) is 8.36. The lowest BCUT2D eigenvalue weighted by atomic mass is 9.93. The standard InChI is InChI=1S/C19H27N5.HI/c1-4-21-18(23-11-9-19(2,3)14-23)22-13-16-7-5-6-8-17(16)24-12-10-20-15-24;/h5-8,10,12,15H,4,9,11,13-14H2,1-3H3,(H,21,22);1H. The number of nitrogens with one attached hydrogen (secondary N) is 1. The van der Waals surface area contributed by atoms with Gasteiger partial charge in [0.1, 0.15) is 0 Å². The molecule has 1 N–H and O–H groups in total. The monoisotopic (exact) mass is 453 g/mol. The first-order chi connectivity index (χ1) is 11.6. The van der Waals surface area contributed by atoms with Crippen molar-refractivity contribution in [1.82, 2.24) is 19.8 Å². The quantitative estimate of drug-likeness (QED) is 0.437. The van der Waals surface area contributed by atoms with Crippen molar-refractivity contribution < 1.29 is 0 Å². The van der Waals surface area contributed by atoms with Crippen LogP contribution in [0.2, 0.25) is 0 Å². The summed E-state index contributed by atoms with van der Waals surface area (Å²) in [5.74, 6) is 1.02. The third kappa shape index (κ3) is 4.96. The Labute approximate surface area is 167 Å². The summed E-state index contributed by atoms with van der Waals surface area (Å²) in [7, 11) is 0. The van der Waals surface area contributed by atoms with E-state index in [0.717, 1.165) is 31.3 Å². The van der Waals surface area contributed by atoms with E-state index >= 15 is 0 Å². The van der Waals surface area contributed by atoms with Crippen molar-refractivity contribution in [3.05, 3.63) is 48.5 Å². The van der Waals surface area contributed by atoms with Gasteiger partial charge in [-0.25, -0.2) is 9.98 Å². The van der Waals surface area contributed by atoms with Crippen molar-refractivity contribution in [2.24, 2.45) is 10.4 Å². The second-order valence-electron chi connectivity index (χ2n) is 7.10. The first-order valence-electron chi connectivity index (χ1n) is 8.68. The van der Waals surface area contributed by atoms with Gasteiger partial charge in [0.05, 0.1) is 18.6 Å². The van der Waals surface area contributed by atoms with Crippen molar-refractivity contribution in [1.29, 1.82) is 0 Å². The van der Waals surface area contributed by atoms with E-state index in [1.165, 1.54) is 12.0 Å². The Balaban J connectivity index is 0.00000225. The fourth-order valence-corrected chi connectivity index (χ4v) is 3.18. The highest BCUT2D eigenvalue weighted by Gasteiger charge is 2.30. The van der Waals surface area contributed by atoms with Gasteiger partial charge in [-0.15, -0.1) is 24.0 Å². The third-order valence-corrected chi connectivity index (χ3v) is 4.49. The van der Waals surface area contributed by atoms with E-state index in [1.807, 2.05) is 17.1 Å². The van der Waals surface area contributed by atoms with Gasteiger partial charge in [-0.1, -0.05) is 32.0 Å². The number of aromatic nitrogens is 2.